The molecule has 1 fully saturated rings. The van der Waals surface area contributed by atoms with Crippen molar-refractivity contribution in [1.82, 2.24) is 10.2 Å². The van der Waals surface area contributed by atoms with Crippen LogP contribution in [0, 0.1) is 0 Å². The molecule has 0 bridgehead atoms. The van der Waals surface area contributed by atoms with Crippen molar-refractivity contribution in [3.05, 3.63) is 0 Å². The monoisotopic (exact) mass is 240 g/mol. The normalized spacial score (nSPS) is 25.8. The Morgan fingerprint density at radius 3 is 2.47 bits per heavy atom. The van der Waals surface area contributed by atoms with Crippen LogP contribution in [-0.4, -0.2) is 36.6 Å². The van der Waals surface area contributed by atoms with Gasteiger partial charge in [0.2, 0.25) is 0 Å². The Hall–Kier alpha value is -0.0800. The topological polar surface area (TPSA) is 15.3 Å². The van der Waals surface area contributed by atoms with Crippen LogP contribution in [-0.2, 0) is 0 Å². The second kappa shape index (κ2) is 8.10. The molecule has 1 rings (SSSR count). The Morgan fingerprint density at radius 1 is 1.18 bits per heavy atom. The van der Waals surface area contributed by atoms with E-state index in [-0.39, 0.29) is 0 Å². The minimum absolute atomic E-state index is 0.769. The molecule has 1 N–H and O–H groups in total. The zero-order chi connectivity index (χ0) is 12.7. The Kier molecular flexibility index (Phi) is 7.14. The first-order valence-electron chi connectivity index (χ1n) is 7.68. The fraction of sp³-hybridized carbons (Fsp3) is 1.00. The average Bonchev–Trinajstić information content (AvgIpc) is 2.38. The molecule has 102 valence electrons. The first kappa shape index (κ1) is 15.0. The maximum absolute atomic E-state index is 3.70. The summed E-state index contributed by atoms with van der Waals surface area (Å²) < 4.78 is 0. The first-order valence-corrected chi connectivity index (χ1v) is 7.68. The molecule has 0 aromatic carbocycles. The van der Waals surface area contributed by atoms with Crippen LogP contribution in [0.5, 0.6) is 0 Å². The lowest BCUT2D eigenvalue weighted by Gasteiger charge is -2.39. The summed E-state index contributed by atoms with van der Waals surface area (Å²) >= 11 is 0. The molecule has 1 aliphatic rings. The van der Waals surface area contributed by atoms with Gasteiger partial charge in [-0.1, -0.05) is 27.2 Å². The van der Waals surface area contributed by atoms with E-state index in [4.69, 9.17) is 0 Å². The first-order chi connectivity index (χ1) is 8.22. The molecule has 2 heteroatoms. The third kappa shape index (κ3) is 4.59. The highest BCUT2D eigenvalue weighted by Crippen LogP contribution is 2.25. The summed E-state index contributed by atoms with van der Waals surface area (Å²) in [6.07, 6.45) is 9.37. The van der Waals surface area contributed by atoms with Gasteiger partial charge in [-0.2, -0.15) is 0 Å². The number of hydrogen-bond acceptors (Lipinski definition) is 2. The lowest BCUT2D eigenvalue weighted by molar-refractivity contribution is 0.117. The van der Waals surface area contributed by atoms with Crippen LogP contribution in [0.1, 0.15) is 65.7 Å². The van der Waals surface area contributed by atoms with Crippen molar-refractivity contribution in [2.45, 2.75) is 83.8 Å². The summed E-state index contributed by atoms with van der Waals surface area (Å²) in [6.45, 7) is 8.08. The molecule has 17 heavy (non-hydrogen) atoms. The lowest BCUT2D eigenvalue weighted by Crippen LogP contribution is -2.46. The molecule has 0 amide bonds. The highest BCUT2D eigenvalue weighted by molar-refractivity contribution is 4.85. The van der Waals surface area contributed by atoms with E-state index in [1.54, 1.807) is 0 Å². The lowest BCUT2D eigenvalue weighted by atomic mass is 9.89. The number of hydrogen-bond donors (Lipinski definition) is 1. The summed E-state index contributed by atoms with van der Waals surface area (Å²) in [5.41, 5.74) is 0. The Morgan fingerprint density at radius 2 is 1.88 bits per heavy atom. The summed E-state index contributed by atoms with van der Waals surface area (Å²) in [5.74, 6) is 0. The van der Waals surface area contributed by atoms with Gasteiger partial charge in [0.15, 0.2) is 0 Å². The second-order valence-corrected chi connectivity index (χ2v) is 5.61. The minimum atomic E-state index is 0.769. The van der Waals surface area contributed by atoms with Crippen LogP contribution < -0.4 is 5.32 Å². The van der Waals surface area contributed by atoms with E-state index in [0.29, 0.717) is 0 Å². The SMILES string of the molecule is CCCNC1CCCC(N(C)C(CC)CC)C1. The van der Waals surface area contributed by atoms with Crippen LogP contribution in [0.3, 0.4) is 0 Å². The van der Waals surface area contributed by atoms with Gasteiger partial charge in [0, 0.05) is 18.1 Å². The molecule has 0 aromatic rings. The third-order valence-corrected chi connectivity index (χ3v) is 4.42. The van der Waals surface area contributed by atoms with Gasteiger partial charge in [0.25, 0.3) is 0 Å². The highest BCUT2D eigenvalue weighted by Gasteiger charge is 2.26. The fourth-order valence-electron chi connectivity index (χ4n) is 3.23. The molecule has 2 unspecified atom stereocenters. The predicted octanol–water partition coefficient (Wildman–Crippen LogP) is 3.42. The largest absolute Gasteiger partial charge is 0.314 e. The van der Waals surface area contributed by atoms with E-state index in [9.17, 15) is 0 Å². The Bertz CT molecular complexity index is 189. The van der Waals surface area contributed by atoms with Crippen LogP contribution in [0.15, 0.2) is 0 Å². The van der Waals surface area contributed by atoms with E-state index >= 15 is 0 Å². The quantitative estimate of drug-likeness (QED) is 0.733. The molecule has 0 aliphatic heterocycles. The van der Waals surface area contributed by atoms with E-state index in [1.807, 2.05) is 0 Å². The molecule has 0 aromatic heterocycles. The second-order valence-electron chi connectivity index (χ2n) is 5.61. The minimum Gasteiger partial charge on any atom is -0.314 e. The van der Waals surface area contributed by atoms with E-state index in [0.717, 1.165) is 18.1 Å². The predicted molar refractivity (Wildman–Crippen MR) is 76.5 cm³/mol. The number of nitrogens with zero attached hydrogens (tertiary/aromatic N) is 1. The zero-order valence-corrected chi connectivity index (χ0v) is 12.3. The van der Waals surface area contributed by atoms with Crippen molar-refractivity contribution in [2.75, 3.05) is 13.6 Å². The molecular formula is C15H32N2. The molecule has 2 atom stereocenters. The smallest absolute Gasteiger partial charge is 0.0110 e. The van der Waals surface area contributed by atoms with Crippen LogP contribution in [0.4, 0.5) is 0 Å². The van der Waals surface area contributed by atoms with Crippen molar-refractivity contribution in [3.8, 4) is 0 Å². The van der Waals surface area contributed by atoms with Crippen LogP contribution >= 0.6 is 0 Å². The van der Waals surface area contributed by atoms with Gasteiger partial charge < -0.3 is 10.2 Å². The van der Waals surface area contributed by atoms with Crippen molar-refractivity contribution in [2.24, 2.45) is 0 Å². The summed E-state index contributed by atoms with van der Waals surface area (Å²) in [5, 5.41) is 3.70. The molecule has 0 saturated heterocycles. The fourth-order valence-corrected chi connectivity index (χ4v) is 3.23. The Balaban J connectivity index is 2.42. The highest BCUT2D eigenvalue weighted by atomic mass is 15.2. The van der Waals surface area contributed by atoms with Crippen LogP contribution in [0.2, 0.25) is 0 Å². The van der Waals surface area contributed by atoms with E-state index in [1.165, 1.54) is 51.5 Å². The van der Waals surface area contributed by atoms with Crippen molar-refractivity contribution < 1.29 is 0 Å². The van der Waals surface area contributed by atoms with Crippen molar-refractivity contribution >= 4 is 0 Å². The van der Waals surface area contributed by atoms with E-state index < -0.39 is 0 Å². The van der Waals surface area contributed by atoms with Gasteiger partial charge in [0.05, 0.1) is 0 Å². The van der Waals surface area contributed by atoms with Crippen LogP contribution in [0.25, 0.3) is 0 Å². The van der Waals surface area contributed by atoms with E-state index in [2.05, 4.69) is 38.0 Å². The summed E-state index contributed by atoms with van der Waals surface area (Å²) in [7, 11) is 2.34. The van der Waals surface area contributed by atoms with Gasteiger partial charge in [0.1, 0.15) is 0 Å². The summed E-state index contributed by atoms with van der Waals surface area (Å²) in [4.78, 5) is 2.65. The molecule has 1 aliphatic carbocycles. The van der Waals surface area contributed by atoms with Crippen molar-refractivity contribution in [1.29, 1.82) is 0 Å². The van der Waals surface area contributed by atoms with Gasteiger partial charge in [-0.25, -0.2) is 0 Å². The number of nitrogens with one attached hydrogen (secondary N) is 1. The average molecular weight is 240 g/mol. The van der Waals surface area contributed by atoms with Gasteiger partial charge in [-0.15, -0.1) is 0 Å². The maximum Gasteiger partial charge on any atom is 0.0110 e. The van der Waals surface area contributed by atoms with Gasteiger partial charge in [-0.05, 0) is 52.1 Å². The molecule has 0 heterocycles. The van der Waals surface area contributed by atoms with Gasteiger partial charge in [-0.3, -0.25) is 0 Å². The standard InChI is InChI=1S/C15H32N2/c1-5-11-16-13-9-8-10-15(12-13)17(4)14(6-2)7-3/h13-16H,5-12H2,1-4H3. The zero-order valence-electron chi connectivity index (χ0n) is 12.3. The maximum atomic E-state index is 3.70. The molecular weight excluding hydrogens is 208 g/mol. The number of rotatable bonds is 7. The third-order valence-electron chi connectivity index (χ3n) is 4.42. The molecule has 0 radical (unpaired) electrons. The molecule has 2 nitrogen and oxygen atoms in total. The van der Waals surface area contributed by atoms with Crippen molar-refractivity contribution in [3.63, 3.8) is 0 Å². The summed E-state index contributed by atoms with van der Waals surface area (Å²) in [6, 6.07) is 2.36. The Labute approximate surface area is 108 Å². The molecule has 0 spiro atoms. The van der Waals surface area contributed by atoms with Gasteiger partial charge >= 0.3 is 0 Å². The molecule has 1 saturated carbocycles.